The van der Waals surface area contributed by atoms with Crippen molar-refractivity contribution >= 4 is 34.1 Å². The van der Waals surface area contributed by atoms with Gasteiger partial charge in [0.05, 0.1) is 24.8 Å². The van der Waals surface area contributed by atoms with E-state index in [4.69, 9.17) is 4.74 Å². The van der Waals surface area contributed by atoms with Crippen LogP contribution in [0.25, 0.3) is 0 Å². The molecule has 2 aliphatic rings. The lowest BCUT2D eigenvalue weighted by Gasteiger charge is -2.28. The van der Waals surface area contributed by atoms with Gasteiger partial charge in [0.25, 0.3) is 11.8 Å². The second-order valence-electron chi connectivity index (χ2n) is 7.12. The van der Waals surface area contributed by atoms with E-state index in [-0.39, 0.29) is 30.5 Å². The van der Waals surface area contributed by atoms with Gasteiger partial charge in [-0.2, -0.15) is 0 Å². The van der Waals surface area contributed by atoms with Gasteiger partial charge in [-0.3, -0.25) is 14.4 Å². The summed E-state index contributed by atoms with van der Waals surface area (Å²) in [5.41, 5.74) is 1.40. The van der Waals surface area contributed by atoms with E-state index in [0.717, 1.165) is 10.4 Å². The van der Waals surface area contributed by atoms with Gasteiger partial charge in [0, 0.05) is 31.6 Å². The molecular formula is C20H20FN3O4S. The van der Waals surface area contributed by atoms with E-state index < -0.39 is 11.7 Å². The molecule has 3 amide bonds. The summed E-state index contributed by atoms with van der Waals surface area (Å²) < 4.78 is 19.3. The van der Waals surface area contributed by atoms with E-state index in [0.29, 0.717) is 29.3 Å². The zero-order valence-corrected chi connectivity index (χ0v) is 17.1. The number of thiophene rings is 1. The molecule has 152 valence electrons. The number of methoxy groups -OCH3 is 1. The maximum absolute atomic E-state index is 14.3. The van der Waals surface area contributed by atoms with Gasteiger partial charge >= 0.3 is 0 Å². The molecule has 3 heterocycles. The molecule has 0 atom stereocenters. The van der Waals surface area contributed by atoms with Gasteiger partial charge in [0.2, 0.25) is 5.91 Å². The number of likely N-dealkylation sites (N-methyl/N-ethyl adjacent to an activating group) is 2. The van der Waals surface area contributed by atoms with Crippen LogP contribution in [0.2, 0.25) is 0 Å². The fourth-order valence-corrected chi connectivity index (χ4v) is 5.00. The molecule has 0 N–H and O–H groups in total. The molecule has 0 radical (unpaired) electrons. The number of rotatable bonds is 2. The third-order valence-electron chi connectivity index (χ3n) is 5.34. The van der Waals surface area contributed by atoms with Crippen molar-refractivity contribution in [3.63, 3.8) is 0 Å². The number of carbonyl (C=O) groups excluding carboxylic acids is 3. The normalized spacial score (nSPS) is 16.5. The Hall–Kier alpha value is -2.94. The Balaban J connectivity index is 1.66. The molecule has 0 saturated carbocycles. The zero-order valence-electron chi connectivity index (χ0n) is 16.3. The molecule has 29 heavy (non-hydrogen) atoms. The SMILES string of the molecule is COc1ccc(C(=O)N2CCc3c(sc4c3C(=O)N(C)CC(=O)N4C)C2)c(F)c1. The highest BCUT2D eigenvalue weighted by atomic mass is 32.1. The summed E-state index contributed by atoms with van der Waals surface area (Å²) in [7, 11) is 4.70. The van der Waals surface area contributed by atoms with E-state index in [2.05, 4.69) is 0 Å². The number of benzene rings is 1. The largest absolute Gasteiger partial charge is 0.497 e. The predicted molar refractivity (Wildman–Crippen MR) is 106 cm³/mol. The van der Waals surface area contributed by atoms with Crippen LogP contribution >= 0.6 is 11.3 Å². The van der Waals surface area contributed by atoms with Crippen LogP contribution in [0.4, 0.5) is 9.39 Å². The third-order valence-corrected chi connectivity index (χ3v) is 6.64. The monoisotopic (exact) mass is 417 g/mol. The number of ether oxygens (including phenoxy) is 1. The van der Waals surface area contributed by atoms with E-state index in [1.165, 1.54) is 40.4 Å². The van der Waals surface area contributed by atoms with Gasteiger partial charge in [-0.1, -0.05) is 0 Å². The minimum absolute atomic E-state index is 0.0181. The Morgan fingerprint density at radius 2 is 1.97 bits per heavy atom. The van der Waals surface area contributed by atoms with Gasteiger partial charge < -0.3 is 19.4 Å². The van der Waals surface area contributed by atoms with Crippen molar-refractivity contribution in [3.8, 4) is 5.75 Å². The highest BCUT2D eigenvalue weighted by Crippen LogP contribution is 2.41. The fraction of sp³-hybridized carbons (Fsp3) is 0.350. The molecule has 0 spiro atoms. The maximum atomic E-state index is 14.3. The molecule has 0 bridgehead atoms. The standard InChI is InChI=1S/C20H20FN3O4S/c1-22-10-16(25)23(2)20-17(19(22)27)13-6-7-24(9-15(13)29-20)18(26)12-5-4-11(28-3)8-14(12)21/h4-5,8H,6-7,9-10H2,1-3H3. The number of anilines is 1. The molecule has 2 aliphatic heterocycles. The van der Waals surface area contributed by atoms with Crippen molar-refractivity contribution in [2.75, 3.05) is 39.2 Å². The molecule has 4 rings (SSSR count). The number of carbonyl (C=O) groups is 3. The van der Waals surface area contributed by atoms with Crippen LogP contribution in [0.5, 0.6) is 5.75 Å². The van der Waals surface area contributed by atoms with Crippen LogP contribution in [0.3, 0.4) is 0 Å². The van der Waals surface area contributed by atoms with E-state index in [1.54, 1.807) is 25.1 Å². The van der Waals surface area contributed by atoms with Crippen LogP contribution < -0.4 is 9.64 Å². The van der Waals surface area contributed by atoms with Crippen molar-refractivity contribution in [1.29, 1.82) is 0 Å². The van der Waals surface area contributed by atoms with E-state index in [1.807, 2.05) is 0 Å². The summed E-state index contributed by atoms with van der Waals surface area (Å²) in [4.78, 5) is 43.4. The van der Waals surface area contributed by atoms with Crippen molar-refractivity contribution in [1.82, 2.24) is 9.80 Å². The zero-order chi connectivity index (χ0) is 20.9. The smallest absolute Gasteiger partial charge is 0.257 e. The first-order valence-electron chi connectivity index (χ1n) is 9.11. The summed E-state index contributed by atoms with van der Waals surface area (Å²) in [5, 5.41) is 0.610. The highest BCUT2D eigenvalue weighted by molar-refractivity contribution is 7.17. The summed E-state index contributed by atoms with van der Waals surface area (Å²) in [6.07, 6.45) is 0.478. The summed E-state index contributed by atoms with van der Waals surface area (Å²) >= 11 is 1.35. The lowest BCUT2D eigenvalue weighted by molar-refractivity contribution is -0.118. The fourth-order valence-electron chi connectivity index (χ4n) is 3.67. The van der Waals surface area contributed by atoms with Crippen molar-refractivity contribution in [3.05, 3.63) is 45.6 Å². The van der Waals surface area contributed by atoms with Crippen LogP contribution in [0.15, 0.2) is 18.2 Å². The second-order valence-corrected chi connectivity index (χ2v) is 8.20. The average Bonchev–Trinajstić information content (AvgIpc) is 3.07. The van der Waals surface area contributed by atoms with Gasteiger partial charge in [0.1, 0.15) is 23.1 Å². The number of halogens is 1. The molecule has 1 aromatic carbocycles. The number of nitrogens with zero attached hydrogens (tertiary/aromatic N) is 3. The predicted octanol–water partition coefficient (Wildman–Crippen LogP) is 2.14. The highest BCUT2D eigenvalue weighted by Gasteiger charge is 2.36. The molecular weight excluding hydrogens is 397 g/mol. The first-order valence-corrected chi connectivity index (χ1v) is 9.92. The third kappa shape index (κ3) is 3.15. The van der Waals surface area contributed by atoms with Gasteiger partial charge in [-0.15, -0.1) is 11.3 Å². The number of fused-ring (bicyclic) bond motifs is 3. The molecule has 0 aliphatic carbocycles. The lowest BCUT2D eigenvalue weighted by Crippen LogP contribution is -2.37. The quantitative estimate of drug-likeness (QED) is 0.751. The Kier molecular flexibility index (Phi) is 4.77. The van der Waals surface area contributed by atoms with Crippen molar-refractivity contribution in [2.24, 2.45) is 0 Å². The summed E-state index contributed by atoms with van der Waals surface area (Å²) in [6.45, 7) is 0.679. The Bertz CT molecular complexity index is 1030. The molecule has 0 fully saturated rings. The van der Waals surface area contributed by atoms with Gasteiger partial charge in [-0.25, -0.2) is 4.39 Å². The minimum atomic E-state index is -0.635. The van der Waals surface area contributed by atoms with Crippen LogP contribution in [0.1, 0.15) is 31.2 Å². The molecule has 9 heteroatoms. The number of hydrogen-bond acceptors (Lipinski definition) is 5. The number of amides is 3. The first-order chi connectivity index (χ1) is 13.8. The van der Waals surface area contributed by atoms with Gasteiger partial charge in [0.15, 0.2) is 0 Å². The van der Waals surface area contributed by atoms with Crippen LogP contribution in [0, 0.1) is 5.82 Å². The second kappa shape index (κ2) is 7.14. The molecule has 7 nitrogen and oxygen atoms in total. The summed E-state index contributed by atoms with van der Waals surface area (Å²) in [6, 6.07) is 4.15. The lowest BCUT2D eigenvalue weighted by atomic mass is 10.0. The molecule has 2 aromatic rings. The average molecular weight is 417 g/mol. The Morgan fingerprint density at radius 3 is 2.66 bits per heavy atom. The molecule has 0 unspecified atom stereocenters. The van der Waals surface area contributed by atoms with Crippen molar-refractivity contribution < 1.29 is 23.5 Å². The Labute approximate surface area is 171 Å². The maximum Gasteiger partial charge on any atom is 0.257 e. The van der Waals surface area contributed by atoms with E-state index in [9.17, 15) is 18.8 Å². The van der Waals surface area contributed by atoms with Crippen LogP contribution in [-0.2, 0) is 17.8 Å². The Morgan fingerprint density at radius 1 is 1.21 bits per heavy atom. The topological polar surface area (TPSA) is 70.2 Å². The van der Waals surface area contributed by atoms with Crippen molar-refractivity contribution in [2.45, 2.75) is 13.0 Å². The van der Waals surface area contributed by atoms with Gasteiger partial charge in [-0.05, 0) is 24.1 Å². The number of hydrogen-bond donors (Lipinski definition) is 0. The minimum Gasteiger partial charge on any atom is -0.497 e. The van der Waals surface area contributed by atoms with E-state index >= 15 is 0 Å². The molecule has 1 aromatic heterocycles. The summed E-state index contributed by atoms with van der Waals surface area (Å²) in [5.74, 6) is -1.04. The molecule has 0 saturated heterocycles. The van der Waals surface area contributed by atoms with Crippen LogP contribution in [-0.4, -0.2) is 61.8 Å². The first kappa shape index (κ1) is 19.4.